The minimum Gasteiger partial charge on any atom is -0.420 e. The molecule has 0 radical (unpaired) electrons. The molecule has 0 spiro atoms. The van der Waals surface area contributed by atoms with Crippen molar-refractivity contribution in [1.29, 1.82) is 0 Å². The summed E-state index contributed by atoms with van der Waals surface area (Å²) in [5.41, 5.74) is 0.888. The van der Waals surface area contributed by atoms with Gasteiger partial charge in [0.15, 0.2) is 0 Å². The summed E-state index contributed by atoms with van der Waals surface area (Å²) in [5, 5.41) is 0.962. The number of nitrogens with zero attached hydrogens (tertiary/aromatic N) is 3. The highest BCUT2D eigenvalue weighted by Crippen LogP contribution is 2.50. The number of para-hydroxylation sites is 1. The molecule has 1 heterocycles. The van der Waals surface area contributed by atoms with Crippen molar-refractivity contribution in [3.05, 3.63) is 36.5 Å². The fraction of sp³-hybridized carbons (Fsp3) is 0.308. The molecule has 0 aliphatic rings. The van der Waals surface area contributed by atoms with Gasteiger partial charge in [0.2, 0.25) is 0 Å². The van der Waals surface area contributed by atoms with Crippen molar-refractivity contribution in [2.45, 2.75) is 0 Å². The average Bonchev–Trinajstić information content (AvgIpc) is 2.38. The Balaban J connectivity index is 2.37. The second-order valence-electron chi connectivity index (χ2n) is 4.64. The Morgan fingerprint density at radius 2 is 1.74 bits per heavy atom. The van der Waals surface area contributed by atoms with Crippen LogP contribution in [0.15, 0.2) is 36.5 Å². The zero-order chi connectivity index (χ0) is 14.0. The van der Waals surface area contributed by atoms with Crippen LogP contribution < -0.4 is 4.52 Å². The molecule has 1 aromatic carbocycles. The van der Waals surface area contributed by atoms with Gasteiger partial charge in [0.05, 0.1) is 11.7 Å². The van der Waals surface area contributed by atoms with Gasteiger partial charge in [0.25, 0.3) is 0 Å². The Bertz CT molecular complexity index is 616. The van der Waals surface area contributed by atoms with E-state index in [1.807, 2.05) is 30.3 Å². The molecule has 1 aromatic heterocycles. The van der Waals surface area contributed by atoms with Crippen molar-refractivity contribution in [1.82, 2.24) is 14.3 Å². The van der Waals surface area contributed by atoms with Gasteiger partial charge >= 0.3 is 7.67 Å². The molecule has 0 unspecified atom stereocenters. The second-order valence-corrected chi connectivity index (χ2v) is 7.40. The van der Waals surface area contributed by atoms with Crippen LogP contribution in [-0.4, -0.2) is 42.5 Å². The zero-order valence-corrected chi connectivity index (χ0v) is 12.5. The largest absolute Gasteiger partial charge is 0.420 e. The fourth-order valence-electron chi connectivity index (χ4n) is 1.76. The number of benzene rings is 1. The van der Waals surface area contributed by atoms with Crippen LogP contribution in [0.4, 0.5) is 0 Å². The molecular formula is C13H18N3O2P. The van der Waals surface area contributed by atoms with Crippen molar-refractivity contribution in [2.24, 2.45) is 0 Å². The molecule has 0 amide bonds. The van der Waals surface area contributed by atoms with Crippen LogP contribution in [0.25, 0.3) is 10.9 Å². The summed E-state index contributed by atoms with van der Waals surface area (Å²) in [7, 11) is 3.89. The van der Waals surface area contributed by atoms with Gasteiger partial charge in [-0.3, -0.25) is 4.98 Å². The van der Waals surface area contributed by atoms with Crippen LogP contribution in [0.2, 0.25) is 0 Å². The summed E-state index contributed by atoms with van der Waals surface area (Å²) in [5.74, 6) is 0.504. The molecule has 0 fully saturated rings. The number of pyridine rings is 1. The summed E-state index contributed by atoms with van der Waals surface area (Å²) >= 11 is 0. The van der Waals surface area contributed by atoms with Crippen LogP contribution in [0.1, 0.15) is 0 Å². The van der Waals surface area contributed by atoms with E-state index in [9.17, 15) is 4.57 Å². The van der Waals surface area contributed by atoms with E-state index in [0.29, 0.717) is 5.75 Å². The van der Waals surface area contributed by atoms with Crippen molar-refractivity contribution in [3.63, 3.8) is 0 Å². The summed E-state index contributed by atoms with van der Waals surface area (Å²) in [6, 6.07) is 9.59. The van der Waals surface area contributed by atoms with E-state index < -0.39 is 7.67 Å². The van der Waals surface area contributed by atoms with Crippen molar-refractivity contribution < 1.29 is 9.09 Å². The number of aromatic nitrogens is 1. The van der Waals surface area contributed by atoms with Gasteiger partial charge in [0, 0.05) is 5.39 Å². The monoisotopic (exact) mass is 279 g/mol. The Kier molecular flexibility index (Phi) is 3.90. The van der Waals surface area contributed by atoms with Crippen molar-refractivity contribution in [3.8, 4) is 5.75 Å². The maximum atomic E-state index is 12.7. The standard InChI is InChI=1S/C13H18N3O2P/c1-15(2)19(17,16(3)4)18-12-9-11-7-5-6-8-13(11)14-10-12/h5-10H,1-4H3. The lowest BCUT2D eigenvalue weighted by Gasteiger charge is -2.29. The van der Waals surface area contributed by atoms with Gasteiger partial charge in [-0.25, -0.2) is 13.9 Å². The fourth-order valence-corrected chi connectivity index (χ4v) is 3.18. The summed E-state index contributed by atoms with van der Waals surface area (Å²) in [6.07, 6.45) is 1.60. The zero-order valence-electron chi connectivity index (χ0n) is 11.6. The molecule has 0 bridgehead atoms. The topological polar surface area (TPSA) is 45.7 Å². The maximum absolute atomic E-state index is 12.7. The minimum absolute atomic E-state index is 0.504. The second kappa shape index (κ2) is 5.29. The molecule has 2 aromatic rings. The molecule has 5 nitrogen and oxygen atoms in total. The predicted molar refractivity (Wildman–Crippen MR) is 77.4 cm³/mol. The highest BCUT2D eigenvalue weighted by atomic mass is 31.2. The van der Waals surface area contributed by atoms with Gasteiger partial charge < -0.3 is 4.52 Å². The molecule has 0 aliphatic heterocycles. The van der Waals surface area contributed by atoms with E-state index in [2.05, 4.69) is 4.98 Å². The van der Waals surface area contributed by atoms with Crippen LogP contribution in [0, 0.1) is 0 Å². The summed E-state index contributed by atoms with van der Waals surface area (Å²) in [4.78, 5) is 4.30. The molecule has 0 saturated heterocycles. The van der Waals surface area contributed by atoms with Crippen LogP contribution in [0.3, 0.4) is 0 Å². The Labute approximate surface area is 113 Å². The first-order chi connectivity index (χ1) is 8.93. The minimum atomic E-state index is -3.04. The predicted octanol–water partition coefficient (Wildman–Crippen LogP) is 2.84. The van der Waals surface area contributed by atoms with Crippen molar-refractivity contribution in [2.75, 3.05) is 28.2 Å². The van der Waals surface area contributed by atoms with E-state index >= 15 is 0 Å². The number of rotatable bonds is 4. The quantitative estimate of drug-likeness (QED) is 0.805. The van der Waals surface area contributed by atoms with Crippen molar-refractivity contribution >= 4 is 18.6 Å². The SMILES string of the molecule is CN(C)P(=O)(Oc1cnc2ccccc2c1)N(C)C. The van der Waals surface area contributed by atoms with E-state index in [1.54, 1.807) is 43.7 Å². The smallest absolute Gasteiger partial charge is 0.394 e. The molecule has 102 valence electrons. The number of fused-ring (bicyclic) bond motifs is 1. The average molecular weight is 279 g/mol. The van der Waals surface area contributed by atoms with E-state index in [0.717, 1.165) is 10.9 Å². The summed E-state index contributed by atoms with van der Waals surface area (Å²) < 4.78 is 21.6. The molecule has 6 heteroatoms. The Morgan fingerprint density at radius 1 is 1.11 bits per heavy atom. The summed E-state index contributed by atoms with van der Waals surface area (Å²) in [6.45, 7) is 0. The molecule has 0 N–H and O–H groups in total. The normalized spacial score (nSPS) is 12.3. The van der Waals surface area contributed by atoms with E-state index in [-0.39, 0.29) is 0 Å². The highest BCUT2D eigenvalue weighted by Gasteiger charge is 2.31. The van der Waals surface area contributed by atoms with E-state index in [4.69, 9.17) is 4.52 Å². The van der Waals surface area contributed by atoms with Gasteiger partial charge in [-0.1, -0.05) is 18.2 Å². The molecular weight excluding hydrogens is 261 g/mol. The maximum Gasteiger partial charge on any atom is 0.394 e. The van der Waals surface area contributed by atoms with Crippen LogP contribution in [0.5, 0.6) is 5.75 Å². The lowest BCUT2D eigenvalue weighted by molar-refractivity contribution is 0.353. The third-order valence-electron chi connectivity index (χ3n) is 2.80. The third kappa shape index (κ3) is 2.78. The molecule has 0 atom stereocenters. The van der Waals surface area contributed by atoms with Gasteiger partial charge in [0.1, 0.15) is 5.75 Å². The molecule has 19 heavy (non-hydrogen) atoms. The van der Waals surface area contributed by atoms with Gasteiger partial charge in [-0.05, 0) is 40.3 Å². The first kappa shape index (κ1) is 14.0. The molecule has 2 rings (SSSR count). The van der Waals surface area contributed by atoms with Crippen LogP contribution >= 0.6 is 7.67 Å². The highest BCUT2D eigenvalue weighted by molar-refractivity contribution is 7.54. The van der Waals surface area contributed by atoms with Crippen LogP contribution in [-0.2, 0) is 4.57 Å². The lowest BCUT2D eigenvalue weighted by Crippen LogP contribution is -2.24. The van der Waals surface area contributed by atoms with Gasteiger partial charge in [-0.15, -0.1) is 0 Å². The van der Waals surface area contributed by atoms with Gasteiger partial charge in [-0.2, -0.15) is 0 Å². The first-order valence-electron chi connectivity index (χ1n) is 5.93. The first-order valence-corrected chi connectivity index (χ1v) is 7.46. The third-order valence-corrected chi connectivity index (χ3v) is 5.27. The Morgan fingerprint density at radius 3 is 2.37 bits per heavy atom. The Hall–Kier alpha value is -1.42. The number of hydrogen-bond donors (Lipinski definition) is 0. The number of hydrogen-bond acceptors (Lipinski definition) is 3. The molecule has 0 saturated carbocycles. The molecule has 0 aliphatic carbocycles. The lowest BCUT2D eigenvalue weighted by atomic mass is 10.2. The van der Waals surface area contributed by atoms with E-state index in [1.165, 1.54) is 0 Å².